The zero-order valence-corrected chi connectivity index (χ0v) is 10.8. The molecule has 102 valence electrons. The molecule has 1 unspecified atom stereocenters. The number of carboxylic acids is 1. The van der Waals surface area contributed by atoms with E-state index in [-0.39, 0.29) is 11.0 Å². The Kier molecular flexibility index (Phi) is 2.16. The maximum atomic E-state index is 11.7. The van der Waals surface area contributed by atoms with Crippen molar-refractivity contribution in [2.75, 3.05) is 6.54 Å². The number of ketones is 1. The minimum absolute atomic E-state index is 0.267. The van der Waals surface area contributed by atoms with Gasteiger partial charge in [-0.15, -0.1) is 0 Å². The molecule has 0 saturated heterocycles. The number of carboxylic acid groups (broad SMARTS) is 1. The van der Waals surface area contributed by atoms with Gasteiger partial charge in [0.25, 0.3) is 0 Å². The van der Waals surface area contributed by atoms with Crippen molar-refractivity contribution >= 4 is 22.7 Å². The SMILES string of the molecule is O=C(O)c1ccc2cc3n(c2c1)CC1(CNC3)CC1=O. The standard InChI is InChI=1S/C15H14N2O3/c18-13-5-15(13)7-16-6-11-3-9-1-2-10(14(19)20)4-12(9)17(11)8-15/h1-4,16H,5-8H2,(H,19,20). The number of carbonyl (C=O) groups excluding carboxylic acids is 1. The lowest BCUT2D eigenvalue weighted by Crippen LogP contribution is -2.24. The fourth-order valence-corrected chi connectivity index (χ4v) is 3.13. The lowest BCUT2D eigenvalue weighted by molar-refractivity contribution is -0.113. The number of carbonyl (C=O) groups is 2. The van der Waals surface area contributed by atoms with Gasteiger partial charge in [-0.05, 0) is 23.6 Å². The van der Waals surface area contributed by atoms with Crippen LogP contribution in [0.3, 0.4) is 0 Å². The van der Waals surface area contributed by atoms with Crippen LogP contribution in [0.1, 0.15) is 22.5 Å². The van der Waals surface area contributed by atoms with Crippen molar-refractivity contribution in [2.24, 2.45) is 5.41 Å². The summed E-state index contributed by atoms with van der Waals surface area (Å²) in [7, 11) is 0. The summed E-state index contributed by atoms with van der Waals surface area (Å²) in [5, 5.41) is 13.5. The number of rotatable bonds is 1. The number of hydrogen-bond acceptors (Lipinski definition) is 3. The predicted molar refractivity (Wildman–Crippen MR) is 72.7 cm³/mol. The maximum Gasteiger partial charge on any atom is 0.335 e. The lowest BCUT2D eigenvalue weighted by atomic mass is 10.1. The molecule has 1 aliphatic heterocycles. The Balaban J connectivity index is 1.89. The smallest absolute Gasteiger partial charge is 0.335 e. The molecular formula is C15H14N2O3. The molecule has 0 amide bonds. The number of hydrogen-bond donors (Lipinski definition) is 2. The fourth-order valence-electron chi connectivity index (χ4n) is 3.13. The van der Waals surface area contributed by atoms with E-state index in [4.69, 9.17) is 5.11 Å². The third-order valence-electron chi connectivity index (χ3n) is 4.43. The molecule has 20 heavy (non-hydrogen) atoms. The van der Waals surface area contributed by atoms with Gasteiger partial charge in [0, 0.05) is 37.3 Å². The average Bonchev–Trinajstić information content (AvgIpc) is 2.98. The third-order valence-corrected chi connectivity index (χ3v) is 4.43. The van der Waals surface area contributed by atoms with E-state index in [1.807, 2.05) is 6.07 Å². The lowest BCUT2D eigenvalue weighted by Gasteiger charge is -2.12. The molecule has 0 bridgehead atoms. The zero-order valence-electron chi connectivity index (χ0n) is 10.8. The quantitative estimate of drug-likeness (QED) is 0.821. The molecule has 2 heterocycles. The van der Waals surface area contributed by atoms with Crippen LogP contribution in [0.15, 0.2) is 24.3 Å². The number of benzene rings is 1. The van der Waals surface area contributed by atoms with E-state index in [9.17, 15) is 9.59 Å². The Morgan fingerprint density at radius 1 is 1.35 bits per heavy atom. The first-order valence-corrected chi connectivity index (χ1v) is 6.69. The van der Waals surface area contributed by atoms with Gasteiger partial charge in [0.05, 0.1) is 11.0 Å². The van der Waals surface area contributed by atoms with E-state index < -0.39 is 5.97 Å². The zero-order chi connectivity index (χ0) is 13.9. The molecule has 1 aromatic carbocycles. The van der Waals surface area contributed by atoms with Crippen molar-refractivity contribution in [2.45, 2.75) is 19.5 Å². The van der Waals surface area contributed by atoms with Gasteiger partial charge in [0.15, 0.2) is 0 Å². The maximum absolute atomic E-state index is 11.7. The van der Waals surface area contributed by atoms with Crippen LogP contribution in [0.5, 0.6) is 0 Å². The molecule has 1 saturated carbocycles. The minimum atomic E-state index is -0.925. The van der Waals surface area contributed by atoms with Gasteiger partial charge in [-0.2, -0.15) is 0 Å². The normalized spacial score (nSPS) is 24.7. The van der Waals surface area contributed by atoms with Gasteiger partial charge in [0.1, 0.15) is 5.78 Å². The molecule has 1 spiro atoms. The van der Waals surface area contributed by atoms with Crippen LogP contribution in [0.2, 0.25) is 0 Å². The van der Waals surface area contributed by atoms with Crippen LogP contribution < -0.4 is 5.32 Å². The van der Waals surface area contributed by atoms with Gasteiger partial charge in [-0.25, -0.2) is 4.79 Å². The first-order valence-electron chi connectivity index (χ1n) is 6.69. The first-order chi connectivity index (χ1) is 9.59. The molecule has 1 atom stereocenters. The average molecular weight is 270 g/mol. The predicted octanol–water partition coefficient (Wildman–Crippen LogP) is 1.40. The van der Waals surface area contributed by atoms with Gasteiger partial charge < -0.3 is 15.0 Å². The van der Waals surface area contributed by atoms with Crippen LogP contribution >= 0.6 is 0 Å². The summed E-state index contributed by atoms with van der Waals surface area (Å²) in [6.45, 7) is 2.08. The Bertz CT molecular complexity index is 762. The molecule has 2 aromatic rings. The summed E-state index contributed by atoms with van der Waals surface area (Å²) in [6, 6.07) is 7.23. The number of nitrogens with one attached hydrogen (secondary N) is 1. The van der Waals surface area contributed by atoms with Crippen molar-refractivity contribution in [3.63, 3.8) is 0 Å². The Labute approximate surface area is 115 Å². The van der Waals surface area contributed by atoms with Gasteiger partial charge >= 0.3 is 5.97 Å². The monoisotopic (exact) mass is 270 g/mol. The second kappa shape index (κ2) is 3.70. The van der Waals surface area contributed by atoms with E-state index >= 15 is 0 Å². The van der Waals surface area contributed by atoms with Crippen molar-refractivity contribution in [3.05, 3.63) is 35.5 Å². The number of fused-ring (bicyclic) bond motifs is 3. The summed E-state index contributed by atoms with van der Waals surface area (Å²) >= 11 is 0. The summed E-state index contributed by atoms with van der Waals surface area (Å²) < 4.78 is 2.10. The highest BCUT2D eigenvalue weighted by atomic mass is 16.4. The number of Topliss-reactive ketones (excluding diaryl/α,β-unsaturated/α-hetero) is 1. The van der Waals surface area contributed by atoms with Gasteiger partial charge in [0.2, 0.25) is 0 Å². The van der Waals surface area contributed by atoms with E-state index in [1.165, 1.54) is 0 Å². The van der Waals surface area contributed by atoms with Crippen molar-refractivity contribution < 1.29 is 14.7 Å². The van der Waals surface area contributed by atoms with Crippen molar-refractivity contribution in [1.82, 2.24) is 9.88 Å². The van der Waals surface area contributed by atoms with Gasteiger partial charge in [-0.3, -0.25) is 4.79 Å². The molecule has 5 nitrogen and oxygen atoms in total. The van der Waals surface area contributed by atoms with E-state index in [2.05, 4.69) is 16.0 Å². The van der Waals surface area contributed by atoms with E-state index in [0.717, 1.165) is 16.6 Å². The second-order valence-corrected chi connectivity index (χ2v) is 5.78. The number of nitrogens with zero attached hydrogens (tertiary/aromatic N) is 1. The van der Waals surface area contributed by atoms with E-state index in [1.54, 1.807) is 12.1 Å². The largest absolute Gasteiger partial charge is 0.478 e. The van der Waals surface area contributed by atoms with Gasteiger partial charge in [-0.1, -0.05) is 6.07 Å². The summed E-state index contributed by atoms with van der Waals surface area (Å²) in [6.07, 6.45) is 0.623. The van der Waals surface area contributed by atoms with Crippen LogP contribution in [0.25, 0.3) is 10.9 Å². The molecule has 4 rings (SSSR count). The minimum Gasteiger partial charge on any atom is -0.478 e. The van der Waals surface area contributed by atoms with E-state index in [0.29, 0.717) is 31.8 Å². The molecular weight excluding hydrogens is 256 g/mol. The molecule has 2 aliphatic rings. The molecule has 0 radical (unpaired) electrons. The molecule has 1 fully saturated rings. The second-order valence-electron chi connectivity index (χ2n) is 5.78. The highest BCUT2D eigenvalue weighted by Crippen LogP contribution is 2.44. The van der Waals surface area contributed by atoms with Crippen LogP contribution in [-0.2, 0) is 17.9 Å². The molecule has 2 N–H and O–H groups in total. The Morgan fingerprint density at radius 3 is 2.85 bits per heavy atom. The van der Waals surface area contributed by atoms with Crippen LogP contribution in [0, 0.1) is 5.41 Å². The summed E-state index contributed by atoms with van der Waals surface area (Å²) in [5.74, 6) is -0.625. The molecule has 1 aromatic heterocycles. The first kappa shape index (κ1) is 11.7. The fraction of sp³-hybridized carbons (Fsp3) is 0.333. The number of aromatic carboxylic acids is 1. The number of aromatic nitrogens is 1. The molecule has 5 heteroatoms. The summed E-state index contributed by atoms with van der Waals surface area (Å²) in [4.78, 5) is 22.8. The highest BCUT2D eigenvalue weighted by molar-refractivity contribution is 6.01. The third kappa shape index (κ3) is 1.53. The summed E-state index contributed by atoms with van der Waals surface area (Å²) in [5.41, 5.74) is 2.03. The Hall–Kier alpha value is -2.14. The topological polar surface area (TPSA) is 71.3 Å². The van der Waals surface area contributed by atoms with Crippen LogP contribution in [0.4, 0.5) is 0 Å². The van der Waals surface area contributed by atoms with Crippen molar-refractivity contribution in [3.8, 4) is 0 Å². The van der Waals surface area contributed by atoms with Crippen LogP contribution in [-0.4, -0.2) is 28.0 Å². The molecule has 1 aliphatic carbocycles. The highest BCUT2D eigenvalue weighted by Gasteiger charge is 2.54. The van der Waals surface area contributed by atoms with Crippen molar-refractivity contribution in [1.29, 1.82) is 0 Å². The Morgan fingerprint density at radius 2 is 2.15 bits per heavy atom.